The minimum absolute atomic E-state index is 0.447. The van der Waals surface area contributed by atoms with Gasteiger partial charge in [0.25, 0.3) is 0 Å². The van der Waals surface area contributed by atoms with E-state index in [-0.39, 0.29) is 0 Å². The number of ether oxygens (including phenoxy) is 1. The molecule has 0 unspecified atom stereocenters. The van der Waals surface area contributed by atoms with Gasteiger partial charge in [-0.2, -0.15) is 5.11 Å². The Bertz CT molecular complexity index is 84.9. The molecule has 2 radical (unpaired) electrons. The molecule has 0 aromatic rings. The van der Waals surface area contributed by atoms with Gasteiger partial charge < -0.3 is 4.74 Å². The van der Waals surface area contributed by atoms with E-state index in [4.69, 9.17) is 0 Å². The largest absolute Gasteiger partial charge is 0.422 e. The molecule has 0 N–H and O–H groups in total. The van der Waals surface area contributed by atoms with Gasteiger partial charge >= 0.3 is 6.47 Å². The predicted octanol–water partition coefficient (Wildman–Crippen LogP) is -0.00920. The van der Waals surface area contributed by atoms with Crippen LogP contribution in [0.3, 0.4) is 0 Å². The van der Waals surface area contributed by atoms with Crippen LogP contribution in [-0.2, 0) is 14.6 Å². The van der Waals surface area contributed by atoms with E-state index in [9.17, 15) is 9.90 Å². The summed E-state index contributed by atoms with van der Waals surface area (Å²) in [5, 5.41) is 10.3. The molecule has 1 saturated carbocycles. The minimum Gasteiger partial charge on any atom is -0.422 e. The first kappa shape index (κ1) is 4.59. The van der Waals surface area contributed by atoms with Crippen molar-refractivity contribution < 1.29 is 14.6 Å². The summed E-state index contributed by atoms with van der Waals surface area (Å²) in [4.78, 5) is 9.31. The van der Waals surface area contributed by atoms with Gasteiger partial charge in [-0.3, -0.25) is 0 Å². The predicted molar refractivity (Wildman–Crippen MR) is 19.4 cm³/mol. The van der Waals surface area contributed by atoms with E-state index in [0.29, 0.717) is 12.8 Å². The van der Waals surface area contributed by atoms with Crippen LogP contribution in [-0.4, -0.2) is 12.3 Å². The maximum absolute atomic E-state index is 10.3. The highest BCUT2D eigenvalue weighted by atomic mass is 16.7. The van der Waals surface area contributed by atoms with Gasteiger partial charge in [0, 0.05) is 12.8 Å². The van der Waals surface area contributed by atoms with Crippen molar-refractivity contribution in [3.63, 3.8) is 0 Å². The normalized spacial score (nSPS) is 23.6. The molecule has 38 valence electrons. The molecule has 0 spiro atoms. The number of hydrogen-bond donors (Lipinski definition) is 0. The van der Waals surface area contributed by atoms with Gasteiger partial charge in [0.1, 0.15) is 0 Å². The quantitative estimate of drug-likeness (QED) is 0.458. The zero-order valence-electron chi connectivity index (χ0n) is 3.64. The van der Waals surface area contributed by atoms with Crippen LogP contribution in [0.4, 0.5) is 0 Å². The van der Waals surface area contributed by atoms with E-state index < -0.39 is 5.79 Å². The molecule has 1 fully saturated rings. The van der Waals surface area contributed by atoms with E-state index >= 15 is 0 Å². The summed E-state index contributed by atoms with van der Waals surface area (Å²) in [6.45, 7) is 1.11. The molecular weight excluding hydrogens is 96.0 g/mol. The van der Waals surface area contributed by atoms with Gasteiger partial charge in [0.2, 0.25) is 5.79 Å². The molecular formula is C4H4O3. The first-order valence-electron chi connectivity index (χ1n) is 2.02. The Kier molecular flexibility index (Phi) is 0.785. The average molecular weight is 100 g/mol. The van der Waals surface area contributed by atoms with Crippen LogP contribution in [0.5, 0.6) is 0 Å². The van der Waals surface area contributed by atoms with Gasteiger partial charge in [-0.1, -0.05) is 0 Å². The van der Waals surface area contributed by atoms with Crippen molar-refractivity contribution in [3.05, 3.63) is 0 Å². The van der Waals surface area contributed by atoms with Crippen molar-refractivity contribution in [2.45, 2.75) is 18.6 Å². The highest BCUT2D eigenvalue weighted by Gasteiger charge is 2.45. The second-order valence-electron chi connectivity index (χ2n) is 1.60. The molecule has 0 bridgehead atoms. The van der Waals surface area contributed by atoms with Crippen LogP contribution in [0.25, 0.3) is 0 Å². The van der Waals surface area contributed by atoms with Gasteiger partial charge in [-0.15, -0.1) is 0 Å². The Balaban J connectivity index is 2.25. The molecule has 7 heavy (non-hydrogen) atoms. The summed E-state index contributed by atoms with van der Waals surface area (Å²) < 4.78 is 3.98. The number of carbonyl (C=O) groups excluding carboxylic acids is 1. The third-order valence-electron chi connectivity index (χ3n) is 0.886. The lowest BCUT2D eigenvalue weighted by atomic mass is 10.7. The van der Waals surface area contributed by atoms with Crippen molar-refractivity contribution in [2.24, 2.45) is 0 Å². The Morgan fingerprint density at radius 1 is 1.57 bits per heavy atom. The first-order valence-corrected chi connectivity index (χ1v) is 2.02. The fourth-order valence-corrected chi connectivity index (χ4v) is 0.280. The molecule has 3 nitrogen and oxygen atoms in total. The summed E-state index contributed by atoms with van der Waals surface area (Å²) in [6, 6.07) is 0. The third-order valence-corrected chi connectivity index (χ3v) is 0.886. The van der Waals surface area contributed by atoms with Crippen LogP contribution in [0, 0.1) is 0 Å². The van der Waals surface area contributed by atoms with Crippen molar-refractivity contribution in [1.82, 2.24) is 0 Å². The fourth-order valence-electron chi connectivity index (χ4n) is 0.280. The lowest BCUT2D eigenvalue weighted by Gasteiger charge is -1.95. The van der Waals surface area contributed by atoms with Crippen molar-refractivity contribution >= 4 is 6.47 Å². The summed E-state index contributed by atoms with van der Waals surface area (Å²) >= 11 is 0. The highest BCUT2D eigenvalue weighted by Crippen LogP contribution is 2.35. The Morgan fingerprint density at radius 3 is 2.29 bits per heavy atom. The average Bonchev–Trinajstić information content (AvgIpc) is 2.22. The lowest BCUT2D eigenvalue weighted by Crippen LogP contribution is -2.07. The van der Waals surface area contributed by atoms with Crippen LogP contribution >= 0.6 is 0 Å². The molecule has 1 aliphatic carbocycles. The molecule has 0 aliphatic heterocycles. The van der Waals surface area contributed by atoms with Gasteiger partial charge in [-0.25, -0.2) is 4.79 Å². The first-order chi connectivity index (χ1) is 3.27. The number of hydrogen-bond acceptors (Lipinski definition) is 2. The fraction of sp³-hybridized carbons (Fsp3) is 0.750. The molecule has 0 aromatic carbocycles. The van der Waals surface area contributed by atoms with E-state index in [1.54, 1.807) is 0 Å². The molecule has 1 rings (SSSR count). The van der Waals surface area contributed by atoms with Crippen LogP contribution in [0.15, 0.2) is 0 Å². The maximum Gasteiger partial charge on any atom is 0.420 e. The van der Waals surface area contributed by atoms with Gasteiger partial charge in [0.15, 0.2) is 0 Å². The smallest absolute Gasteiger partial charge is 0.420 e. The Hall–Kier alpha value is -0.570. The van der Waals surface area contributed by atoms with Crippen LogP contribution < -0.4 is 0 Å². The Morgan fingerprint density at radius 2 is 2.14 bits per heavy atom. The minimum atomic E-state index is -1.37. The Labute approximate surface area is 40.9 Å². The standard InChI is InChI=1S/C4H4O3/c5-3-7-4(6)1-2-4/h1-2H2. The van der Waals surface area contributed by atoms with E-state index in [1.807, 2.05) is 0 Å². The maximum atomic E-state index is 10.3. The molecule has 0 heterocycles. The van der Waals surface area contributed by atoms with Crippen LogP contribution in [0.2, 0.25) is 0 Å². The lowest BCUT2D eigenvalue weighted by molar-refractivity contribution is -0.108. The monoisotopic (exact) mass is 100 g/mol. The molecule has 3 heteroatoms. The second kappa shape index (κ2) is 1.20. The van der Waals surface area contributed by atoms with E-state index in [0.717, 1.165) is 6.47 Å². The van der Waals surface area contributed by atoms with Crippen LogP contribution in [0.1, 0.15) is 12.8 Å². The second-order valence-corrected chi connectivity index (χ2v) is 1.60. The van der Waals surface area contributed by atoms with E-state index in [2.05, 4.69) is 4.74 Å². The summed E-state index contributed by atoms with van der Waals surface area (Å²) in [5.74, 6) is -1.37. The van der Waals surface area contributed by atoms with Crippen molar-refractivity contribution in [2.75, 3.05) is 0 Å². The molecule has 1 aliphatic rings. The van der Waals surface area contributed by atoms with Crippen molar-refractivity contribution in [1.29, 1.82) is 0 Å². The highest BCUT2D eigenvalue weighted by molar-refractivity contribution is 5.39. The zero-order chi connectivity index (χ0) is 5.33. The summed E-state index contributed by atoms with van der Waals surface area (Å²) in [7, 11) is 0. The van der Waals surface area contributed by atoms with E-state index in [1.165, 1.54) is 0 Å². The summed E-state index contributed by atoms with van der Waals surface area (Å²) in [6.07, 6.45) is 0.893. The third kappa shape index (κ3) is 0.899. The van der Waals surface area contributed by atoms with Gasteiger partial charge in [0.05, 0.1) is 0 Å². The topological polar surface area (TPSA) is 46.2 Å². The molecule has 0 aromatic heterocycles. The number of rotatable bonds is 2. The molecule has 0 atom stereocenters. The molecule has 0 saturated heterocycles. The molecule has 0 amide bonds. The van der Waals surface area contributed by atoms with Crippen molar-refractivity contribution in [3.8, 4) is 0 Å². The van der Waals surface area contributed by atoms with Gasteiger partial charge in [-0.05, 0) is 0 Å². The SMILES string of the molecule is [O]C1(O[C]=O)CC1. The zero-order valence-corrected chi connectivity index (χ0v) is 3.64. The summed E-state index contributed by atoms with van der Waals surface area (Å²) in [5.41, 5.74) is 0.